The Morgan fingerprint density at radius 1 is 1.40 bits per heavy atom. The minimum Gasteiger partial charge on any atom is -0.353 e. The molecule has 0 fully saturated rings. The highest BCUT2D eigenvalue weighted by atomic mass is 32.2. The number of nitrogens with one attached hydrogen (secondary N) is 2. The Hall–Kier alpha value is -0.660. The second-order valence-electron chi connectivity index (χ2n) is 3.79. The Kier molecular flexibility index (Phi) is 5.19. The fraction of sp³-hybridized carbons (Fsp3) is 0.875. The number of carbonyl (C=O) groups is 1. The van der Waals surface area contributed by atoms with Gasteiger partial charge in [-0.25, -0.2) is 13.1 Å². The van der Waals surface area contributed by atoms with Crippen LogP contribution in [0.25, 0.3) is 0 Å². The van der Waals surface area contributed by atoms with Gasteiger partial charge in [-0.05, 0) is 13.8 Å². The molecule has 0 radical (unpaired) electrons. The highest BCUT2D eigenvalue weighted by Crippen LogP contribution is 1.95. The third-order valence-electron chi connectivity index (χ3n) is 1.61. The molecule has 90 valence electrons. The van der Waals surface area contributed by atoms with E-state index in [0.29, 0.717) is 6.54 Å². The van der Waals surface area contributed by atoms with Crippen LogP contribution in [0.1, 0.15) is 20.8 Å². The van der Waals surface area contributed by atoms with Crippen molar-refractivity contribution < 1.29 is 13.2 Å². The molecular weight excluding hydrogens is 218 g/mol. The molecule has 0 aliphatic heterocycles. The topological polar surface area (TPSA) is 101 Å². The zero-order chi connectivity index (χ0) is 12.1. The molecular formula is C8H19N3O3S. The largest absolute Gasteiger partial charge is 0.353 e. The molecule has 0 heterocycles. The van der Waals surface area contributed by atoms with E-state index in [1.54, 1.807) is 20.8 Å². The van der Waals surface area contributed by atoms with E-state index in [4.69, 9.17) is 5.73 Å². The van der Waals surface area contributed by atoms with Crippen LogP contribution < -0.4 is 15.8 Å². The van der Waals surface area contributed by atoms with Crippen molar-refractivity contribution in [2.24, 2.45) is 5.73 Å². The number of sulfonamides is 1. The van der Waals surface area contributed by atoms with Crippen molar-refractivity contribution in [2.75, 3.05) is 18.8 Å². The Bertz CT molecular complexity index is 306. The summed E-state index contributed by atoms with van der Waals surface area (Å²) in [5.41, 5.74) is 4.53. The quantitative estimate of drug-likeness (QED) is 0.539. The molecule has 6 nitrogen and oxygen atoms in total. The standard InChI is InChI=1S/C8H19N3O3S/c1-4-11-15(13,14)6-5-10-7(12)8(2,3)9/h11H,4-6,9H2,1-3H3,(H,10,12). The van der Waals surface area contributed by atoms with Gasteiger partial charge in [0.25, 0.3) is 0 Å². The maximum absolute atomic E-state index is 11.3. The van der Waals surface area contributed by atoms with Gasteiger partial charge in [0.15, 0.2) is 0 Å². The summed E-state index contributed by atoms with van der Waals surface area (Å²) in [6.45, 7) is 5.22. The molecule has 0 unspecified atom stereocenters. The summed E-state index contributed by atoms with van der Waals surface area (Å²) in [6.07, 6.45) is 0. The number of hydrogen-bond donors (Lipinski definition) is 3. The van der Waals surface area contributed by atoms with Crippen LogP contribution >= 0.6 is 0 Å². The van der Waals surface area contributed by atoms with Gasteiger partial charge in [0.05, 0.1) is 11.3 Å². The normalized spacial score (nSPS) is 12.5. The van der Waals surface area contributed by atoms with Crippen LogP contribution in [-0.2, 0) is 14.8 Å². The molecule has 0 aliphatic carbocycles. The van der Waals surface area contributed by atoms with Gasteiger partial charge in [-0.3, -0.25) is 4.79 Å². The van der Waals surface area contributed by atoms with E-state index < -0.39 is 15.6 Å². The van der Waals surface area contributed by atoms with Gasteiger partial charge in [-0.15, -0.1) is 0 Å². The Morgan fingerprint density at radius 3 is 2.33 bits per heavy atom. The predicted octanol–water partition coefficient (Wildman–Crippen LogP) is -1.22. The van der Waals surface area contributed by atoms with Crippen LogP contribution in [-0.4, -0.2) is 38.7 Å². The first-order valence-electron chi connectivity index (χ1n) is 4.73. The molecule has 0 aromatic heterocycles. The van der Waals surface area contributed by atoms with E-state index in [0.717, 1.165) is 0 Å². The van der Waals surface area contributed by atoms with E-state index >= 15 is 0 Å². The van der Waals surface area contributed by atoms with Crippen LogP contribution in [0.3, 0.4) is 0 Å². The molecule has 0 aromatic rings. The second-order valence-corrected chi connectivity index (χ2v) is 5.72. The van der Waals surface area contributed by atoms with Crippen molar-refractivity contribution >= 4 is 15.9 Å². The SMILES string of the molecule is CCNS(=O)(=O)CCNC(=O)C(C)(C)N. The van der Waals surface area contributed by atoms with Crippen LogP contribution in [0.15, 0.2) is 0 Å². The van der Waals surface area contributed by atoms with Crippen LogP contribution in [0.4, 0.5) is 0 Å². The smallest absolute Gasteiger partial charge is 0.239 e. The van der Waals surface area contributed by atoms with Crippen LogP contribution in [0.5, 0.6) is 0 Å². The number of hydrogen-bond acceptors (Lipinski definition) is 4. The number of rotatable bonds is 6. The number of carbonyl (C=O) groups excluding carboxylic acids is 1. The lowest BCUT2D eigenvalue weighted by atomic mass is 10.1. The minimum absolute atomic E-state index is 0.0643. The zero-order valence-corrected chi connectivity index (χ0v) is 10.1. The zero-order valence-electron chi connectivity index (χ0n) is 9.33. The van der Waals surface area contributed by atoms with Gasteiger partial charge in [0.2, 0.25) is 15.9 Å². The third kappa shape index (κ3) is 6.43. The second kappa shape index (κ2) is 5.43. The van der Waals surface area contributed by atoms with Crippen molar-refractivity contribution in [2.45, 2.75) is 26.3 Å². The monoisotopic (exact) mass is 237 g/mol. The molecule has 4 N–H and O–H groups in total. The summed E-state index contributed by atoms with van der Waals surface area (Å²) >= 11 is 0. The fourth-order valence-corrected chi connectivity index (χ4v) is 1.77. The minimum atomic E-state index is -3.28. The van der Waals surface area contributed by atoms with Gasteiger partial charge >= 0.3 is 0 Å². The van der Waals surface area contributed by atoms with Crippen molar-refractivity contribution in [3.05, 3.63) is 0 Å². The molecule has 1 amide bonds. The van der Waals surface area contributed by atoms with E-state index in [9.17, 15) is 13.2 Å². The predicted molar refractivity (Wildman–Crippen MR) is 58.7 cm³/mol. The van der Waals surface area contributed by atoms with Crippen LogP contribution in [0, 0.1) is 0 Å². The average molecular weight is 237 g/mol. The number of amides is 1. The lowest BCUT2D eigenvalue weighted by Crippen LogP contribution is -2.50. The molecule has 0 aliphatic rings. The molecule has 0 rings (SSSR count). The molecule has 0 aromatic carbocycles. The van der Waals surface area contributed by atoms with E-state index in [1.807, 2.05) is 0 Å². The first kappa shape index (κ1) is 14.3. The summed E-state index contributed by atoms with van der Waals surface area (Å²) in [6, 6.07) is 0. The van der Waals surface area contributed by atoms with Crippen molar-refractivity contribution in [3.8, 4) is 0 Å². The molecule has 0 bridgehead atoms. The summed E-state index contributed by atoms with van der Waals surface area (Å²) < 4.78 is 24.7. The van der Waals surface area contributed by atoms with Crippen molar-refractivity contribution in [3.63, 3.8) is 0 Å². The van der Waals surface area contributed by atoms with Gasteiger partial charge < -0.3 is 11.1 Å². The third-order valence-corrected chi connectivity index (χ3v) is 3.08. The van der Waals surface area contributed by atoms with Gasteiger partial charge in [-0.1, -0.05) is 6.92 Å². The molecule has 7 heteroatoms. The summed E-state index contributed by atoms with van der Waals surface area (Å²) in [5, 5.41) is 2.45. The Balaban J connectivity index is 3.96. The van der Waals surface area contributed by atoms with E-state index in [-0.39, 0.29) is 18.2 Å². The summed E-state index contributed by atoms with van der Waals surface area (Å²) in [4.78, 5) is 11.3. The van der Waals surface area contributed by atoms with E-state index in [1.165, 1.54) is 0 Å². The average Bonchev–Trinajstić information content (AvgIpc) is 2.01. The van der Waals surface area contributed by atoms with Crippen molar-refractivity contribution in [1.29, 1.82) is 0 Å². The lowest BCUT2D eigenvalue weighted by molar-refractivity contribution is -0.125. The molecule has 0 saturated carbocycles. The van der Waals surface area contributed by atoms with Crippen LogP contribution in [0.2, 0.25) is 0 Å². The molecule has 15 heavy (non-hydrogen) atoms. The van der Waals surface area contributed by atoms with Gasteiger partial charge in [0.1, 0.15) is 0 Å². The summed E-state index contributed by atoms with van der Waals surface area (Å²) in [5.74, 6) is -0.503. The maximum Gasteiger partial charge on any atom is 0.239 e. The molecule has 0 atom stereocenters. The molecule has 0 spiro atoms. The lowest BCUT2D eigenvalue weighted by Gasteiger charge is -2.17. The fourth-order valence-electron chi connectivity index (χ4n) is 0.819. The first-order chi connectivity index (χ1) is 6.69. The van der Waals surface area contributed by atoms with Gasteiger partial charge in [-0.2, -0.15) is 0 Å². The summed E-state index contributed by atoms with van der Waals surface area (Å²) in [7, 11) is -3.28. The number of nitrogens with two attached hydrogens (primary N) is 1. The Labute approximate surface area is 90.7 Å². The Morgan fingerprint density at radius 2 is 1.93 bits per heavy atom. The molecule has 0 saturated heterocycles. The van der Waals surface area contributed by atoms with E-state index in [2.05, 4.69) is 10.0 Å². The van der Waals surface area contributed by atoms with Gasteiger partial charge in [0, 0.05) is 13.1 Å². The highest BCUT2D eigenvalue weighted by Gasteiger charge is 2.21. The first-order valence-corrected chi connectivity index (χ1v) is 6.39. The highest BCUT2D eigenvalue weighted by molar-refractivity contribution is 7.89. The maximum atomic E-state index is 11.3. The van der Waals surface area contributed by atoms with Crippen molar-refractivity contribution in [1.82, 2.24) is 10.0 Å².